The van der Waals surface area contributed by atoms with Gasteiger partial charge in [-0.15, -0.1) is 11.8 Å². The van der Waals surface area contributed by atoms with Crippen LogP contribution in [0.1, 0.15) is 12.0 Å². The van der Waals surface area contributed by atoms with Crippen LogP contribution in [-0.4, -0.2) is 18.0 Å². The van der Waals surface area contributed by atoms with Gasteiger partial charge in [0, 0.05) is 33.7 Å². The molecule has 2 aliphatic rings. The van der Waals surface area contributed by atoms with Crippen molar-refractivity contribution in [2.45, 2.75) is 11.3 Å². The van der Waals surface area contributed by atoms with Crippen molar-refractivity contribution in [2.75, 3.05) is 17.3 Å². The van der Waals surface area contributed by atoms with Gasteiger partial charge in [-0.05, 0) is 36.8 Å². The second-order valence-corrected chi connectivity index (χ2v) is 6.88. The fraction of sp³-hybridized carbons (Fsp3) is 0.235. The summed E-state index contributed by atoms with van der Waals surface area (Å²) in [5.41, 5.74) is 3.66. The maximum absolute atomic E-state index is 5.97. The van der Waals surface area contributed by atoms with E-state index in [0.717, 1.165) is 29.4 Å². The van der Waals surface area contributed by atoms with Crippen LogP contribution in [0.5, 0.6) is 0 Å². The zero-order valence-corrected chi connectivity index (χ0v) is 13.1. The molecule has 0 fully saturated rings. The minimum absolute atomic E-state index is 0.577. The van der Waals surface area contributed by atoms with Crippen molar-refractivity contribution in [3.8, 4) is 0 Å². The number of nitrogens with zero attached hydrogens (tertiary/aromatic N) is 2. The molecule has 0 saturated carbocycles. The average molecular weight is 315 g/mol. The number of rotatable bonds is 1. The summed E-state index contributed by atoms with van der Waals surface area (Å²) in [6.07, 6.45) is 1.16. The molecule has 0 aliphatic carbocycles. The van der Waals surface area contributed by atoms with Gasteiger partial charge in [-0.2, -0.15) is 5.10 Å². The summed E-state index contributed by atoms with van der Waals surface area (Å²) in [7, 11) is 0. The first-order valence-electron chi connectivity index (χ1n) is 7.15. The van der Waals surface area contributed by atoms with Crippen LogP contribution >= 0.6 is 23.4 Å². The second-order valence-electron chi connectivity index (χ2n) is 5.38. The zero-order chi connectivity index (χ0) is 14.2. The fourth-order valence-corrected chi connectivity index (χ4v) is 4.24. The van der Waals surface area contributed by atoms with Crippen LogP contribution in [0.25, 0.3) is 0 Å². The minimum atomic E-state index is 0.577. The maximum atomic E-state index is 5.97. The topological polar surface area (TPSA) is 15.6 Å². The Morgan fingerprint density at radius 1 is 1.10 bits per heavy atom. The normalized spacial score (nSPS) is 20.5. The first-order valence-corrected chi connectivity index (χ1v) is 8.51. The predicted molar refractivity (Wildman–Crippen MR) is 90.6 cm³/mol. The smallest absolute Gasteiger partial charge is 0.0733 e. The highest BCUT2D eigenvalue weighted by Crippen LogP contribution is 2.37. The molecule has 0 aromatic heterocycles. The number of hydrogen-bond donors (Lipinski definition) is 0. The van der Waals surface area contributed by atoms with Gasteiger partial charge in [0.2, 0.25) is 0 Å². The SMILES string of the molecule is Clc1ccc(N2CCC3CSc4ccccc4C3=N2)cc1. The van der Waals surface area contributed by atoms with E-state index in [0.29, 0.717) is 5.92 Å². The maximum Gasteiger partial charge on any atom is 0.0733 e. The summed E-state index contributed by atoms with van der Waals surface area (Å²) in [5.74, 6) is 1.72. The molecule has 2 heterocycles. The molecule has 0 radical (unpaired) electrons. The number of benzene rings is 2. The molecule has 1 unspecified atom stereocenters. The number of hydrogen-bond acceptors (Lipinski definition) is 3. The lowest BCUT2D eigenvalue weighted by Crippen LogP contribution is -2.35. The van der Waals surface area contributed by atoms with Gasteiger partial charge in [-0.3, -0.25) is 5.01 Å². The Labute approximate surface area is 133 Å². The number of halogens is 1. The zero-order valence-electron chi connectivity index (χ0n) is 11.5. The van der Waals surface area contributed by atoms with Gasteiger partial charge in [0.05, 0.1) is 11.4 Å². The van der Waals surface area contributed by atoms with Gasteiger partial charge in [-0.25, -0.2) is 0 Å². The molecule has 2 aromatic rings. The van der Waals surface area contributed by atoms with Crippen LogP contribution in [0.3, 0.4) is 0 Å². The summed E-state index contributed by atoms with van der Waals surface area (Å²) >= 11 is 7.93. The molecular weight excluding hydrogens is 300 g/mol. The highest BCUT2D eigenvalue weighted by atomic mass is 35.5. The quantitative estimate of drug-likeness (QED) is 0.759. The van der Waals surface area contributed by atoms with E-state index < -0.39 is 0 Å². The highest BCUT2D eigenvalue weighted by molar-refractivity contribution is 7.99. The molecule has 0 bridgehead atoms. The molecule has 21 heavy (non-hydrogen) atoms. The van der Waals surface area contributed by atoms with Crippen LogP contribution in [0.4, 0.5) is 5.69 Å². The van der Waals surface area contributed by atoms with E-state index in [9.17, 15) is 0 Å². The largest absolute Gasteiger partial charge is 0.265 e. The third-order valence-corrected chi connectivity index (χ3v) is 5.52. The van der Waals surface area contributed by atoms with Crippen LogP contribution in [-0.2, 0) is 0 Å². The highest BCUT2D eigenvalue weighted by Gasteiger charge is 2.30. The van der Waals surface area contributed by atoms with Gasteiger partial charge in [0.15, 0.2) is 0 Å². The van der Waals surface area contributed by atoms with Crippen molar-refractivity contribution in [3.63, 3.8) is 0 Å². The third-order valence-electron chi connectivity index (χ3n) is 4.03. The lowest BCUT2D eigenvalue weighted by molar-refractivity contribution is 0.624. The first kappa shape index (κ1) is 13.2. The summed E-state index contributed by atoms with van der Waals surface area (Å²) in [5, 5.41) is 7.81. The van der Waals surface area contributed by atoms with Crippen molar-refractivity contribution in [1.82, 2.24) is 0 Å². The van der Waals surface area contributed by atoms with Crippen molar-refractivity contribution in [2.24, 2.45) is 11.0 Å². The average Bonchev–Trinajstić information content (AvgIpc) is 2.55. The number of thioether (sulfide) groups is 1. The lowest BCUT2D eigenvalue weighted by atomic mass is 9.93. The summed E-state index contributed by atoms with van der Waals surface area (Å²) < 4.78 is 0. The second kappa shape index (κ2) is 5.39. The van der Waals surface area contributed by atoms with E-state index in [1.54, 1.807) is 0 Å². The Kier molecular flexibility index (Phi) is 3.40. The molecule has 0 spiro atoms. The molecule has 2 nitrogen and oxygen atoms in total. The van der Waals surface area contributed by atoms with Crippen LogP contribution < -0.4 is 5.01 Å². The van der Waals surface area contributed by atoms with Gasteiger partial charge in [0.25, 0.3) is 0 Å². The fourth-order valence-electron chi connectivity index (χ4n) is 2.91. The van der Waals surface area contributed by atoms with Crippen molar-refractivity contribution < 1.29 is 0 Å². The Balaban J connectivity index is 1.74. The molecule has 106 valence electrons. The summed E-state index contributed by atoms with van der Waals surface area (Å²) in [6, 6.07) is 16.5. The number of anilines is 1. The molecular formula is C17H15ClN2S. The monoisotopic (exact) mass is 314 g/mol. The van der Waals surface area contributed by atoms with E-state index in [-0.39, 0.29) is 0 Å². The number of fused-ring (bicyclic) bond motifs is 3. The molecule has 0 saturated heterocycles. The van der Waals surface area contributed by atoms with Gasteiger partial charge in [0.1, 0.15) is 0 Å². The third kappa shape index (κ3) is 2.45. The summed E-state index contributed by atoms with van der Waals surface area (Å²) in [4.78, 5) is 1.35. The van der Waals surface area contributed by atoms with Crippen LogP contribution in [0.15, 0.2) is 58.5 Å². The lowest BCUT2D eigenvalue weighted by Gasteiger charge is -2.34. The predicted octanol–water partition coefficient (Wildman–Crippen LogP) is 4.68. The van der Waals surface area contributed by atoms with Crippen LogP contribution in [0.2, 0.25) is 5.02 Å². The minimum Gasteiger partial charge on any atom is -0.265 e. The van der Waals surface area contributed by atoms with E-state index in [1.165, 1.54) is 16.2 Å². The summed E-state index contributed by atoms with van der Waals surface area (Å²) in [6.45, 7) is 0.971. The molecule has 0 N–H and O–H groups in total. The molecule has 2 aliphatic heterocycles. The van der Waals surface area contributed by atoms with E-state index in [2.05, 4.69) is 29.3 Å². The Morgan fingerprint density at radius 3 is 2.76 bits per heavy atom. The molecule has 1 atom stereocenters. The van der Waals surface area contributed by atoms with Crippen molar-refractivity contribution >= 4 is 34.8 Å². The van der Waals surface area contributed by atoms with Crippen molar-refractivity contribution in [3.05, 3.63) is 59.1 Å². The Bertz CT molecular complexity index is 696. The standard InChI is InChI=1S/C17H15ClN2S/c18-13-5-7-14(8-6-13)20-10-9-12-11-21-16-4-2-1-3-15(16)17(12)19-20/h1-8,12H,9-11H2. The molecule has 4 heteroatoms. The van der Waals surface area contributed by atoms with Gasteiger partial charge < -0.3 is 0 Å². The van der Waals surface area contributed by atoms with Crippen LogP contribution in [0, 0.1) is 5.92 Å². The van der Waals surface area contributed by atoms with E-state index in [4.69, 9.17) is 16.7 Å². The Hall–Kier alpha value is -1.45. The van der Waals surface area contributed by atoms with Crippen molar-refractivity contribution in [1.29, 1.82) is 0 Å². The van der Waals surface area contributed by atoms with Gasteiger partial charge >= 0.3 is 0 Å². The molecule has 0 amide bonds. The molecule has 4 rings (SSSR count). The van der Waals surface area contributed by atoms with E-state index >= 15 is 0 Å². The molecule has 2 aromatic carbocycles. The first-order chi connectivity index (χ1) is 10.3. The Morgan fingerprint density at radius 2 is 1.90 bits per heavy atom. The van der Waals surface area contributed by atoms with Gasteiger partial charge in [-0.1, -0.05) is 29.8 Å². The van der Waals surface area contributed by atoms with E-state index in [1.807, 2.05) is 36.0 Å². The number of hydrazone groups is 1.